The molecule has 0 unspecified atom stereocenters. The summed E-state index contributed by atoms with van der Waals surface area (Å²) in [5.74, 6) is -1.60. The van der Waals surface area contributed by atoms with Gasteiger partial charge in [0.1, 0.15) is 17.3 Å². The van der Waals surface area contributed by atoms with E-state index in [2.05, 4.69) is 16.0 Å². The molecule has 0 aromatic heterocycles. The number of benzene rings is 1. The lowest BCUT2D eigenvalue weighted by molar-refractivity contribution is -0.140. The van der Waals surface area contributed by atoms with Crippen LogP contribution in [0.2, 0.25) is 0 Å². The number of urea groups is 1. The van der Waals surface area contributed by atoms with Gasteiger partial charge in [-0.15, -0.1) is 0 Å². The molecule has 26 heteroatoms. The van der Waals surface area contributed by atoms with Gasteiger partial charge in [-0.2, -0.15) is 11.8 Å². The number of rotatable bonds is 58. The van der Waals surface area contributed by atoms with Crippen LogP contribution in [0.3, 0.4) is 0 Å². The Bertz CT molecular complexity index is 1780. The molecule has 0 saturated carbocycles. The number of carboxylic acid groups (broad SMARTS) is 2. The highest BCUT2D eigenvalue weighted by atomic mass is 32.2. The zero-order chi connectivity index (χ0) is 57.4. The van der Waals surface area contributed by atoms with Gasteiger partial charge in [-0.25, -0.2) is 14.4 Å². The number of ether oxygens (including phenoxy) is 14. The van der Waals surface area contributed by atoms with E-state index >= 15 is 0 Å². The smallest absolute Gasteiger partial charge is 0.341 e. The molecule has 2 fully saturated rings. The fourth-order valence-corrected chi connectivity index (χ4v) is 9.27. The lowest BCUT2D eigenvalue weighted by Crippen LogP contribution is -2.36. The van der Waals surface area contributed by atoms with Crippen molar-refractivity contribution in [2.45, 2.75) is 88.0 Å². The minimum Gasteiger partial charge on any atom is -0.482 e. The molecular weight excluding hydrogens is 1070 g/mol. The van der Waals surface area contributed by atoms with E-state index in [1.807, 2.05) is 11.8 Å². The van der Waals surface area contributed by atoms with Crippen molar-refractivity contribution >= 4 is 47.2 Å². The largest absolute Gasteiger partial charge is 0.482 e. The summed E-state index contributed by atoms with van der Waals surface area (Å²) in [6.45, 7) is 9.63. The molecule has 1 aromatic carbocycles. The first-order valence-electron chi connectivity index (χ1n) is 27.9. The van der Waals surface area contributed by atoms with E-state index in [0.717, 1.165) is 44.3 Å². The van der Waals surface area contributed by atoms with Crippen molar-refractivity contribution < 1.29 is 105 Å². The maximum absolute atomic E-state index is 12.7. The molecule has 458 valence electrons. The first-order valence-corrected chi connectivity index (χ1v) is 28.9. The number of hydrogen-bond donors (Lipinski definition) is 5. The highest BCUT2D eigenvalue weighted by molar-refractivity contribution is 8.00. The number of fused-ring (bicyclic) bond motifs is 1. The van der Waals surface area contributed by atoms with Gasteiger partial charge in [0.05, 0.1) is 164 Å². The van der Waals surface area contributed by atoms with Crippen LogP contribution in [0.1, 0.15) is 81.0 Å². The summed E-state index contributed by atoms with van der Waals surface area (Å²) in [4.78, 5) is 70.3. The number of unbranched alkanes of at least 4 members (excludes halogenated alkanes) is 3. The normalized spacial score (nSPS) is 15.6. The molecule has 0 aliphatic carbocycles. The SMILES string of the molecule is O=C(O)COc1cc(OCC(=O)O)cc(C(=O)CCCNC(=O)CCOCCOCCOCCOCCOCCOCCOCCOCCOCCOCCOCCOCCCCCC(=O)CCCC[C@@H]2SC[C@@H]3NC(=O)N[C@@H]32)c1. The monoisotopic (exact) mass is 1160 g/mol. The highest BCUT2D eigenvalue weighted by Crippen LogP contribution is 2.33. The van der Waals surface area contributed by atoms with Crippen LogP contribution >= 0.6 is 11.8 Å². The molecule has 0 spiro atoms. The van der Waals surface area contributed by atoms with E-state index in [1.54, 1.807) is 0 Å². The molecule has 80 heavy (non-hydrogen) atoms. The molecule has 25 nitrogen and oxygen atoms in total. The highest BCUT2D eigenvalue weighted by Gasteiger charge is 2.42. The second-order valence-electron chi connectivity index (χ2n) is 18.3. The van der Waals surface area contributed by atoms with Crippen LogP contribution in [0.5, 0.6) is 11.5 Å². The van der Waals surface area contributed by atoms with E-state index in [4.69, 9.17) is 76.5 Å². The van der Waals surface area contributed by atoms with Crippen LogP contribution < -0.4 is 25.4 Å². The van der Waals surface area contributed by atoms with Crippen LogP contribution in [0.25, 0.3) is 0 Å². The summed E-state index contributed by atoms with van der Waals surface area (Å²) in [5.41, 5.74) is 0.158. The molecule has 3 rings (SSSR count). The lowest BCUT2D eigenvalue weighted by Gasteiger charge is -2.16. The number of carbonyl (C=O) groups excluding carboxylic acids is 4. The van der Waals surface area contributed by atoms with Gasteiger partial charge in [0.15, 0.2) is 19.0 Å². The Balaban J connectivity index is 0.915. The van der Waals surface area contributed by atoms with Gasteiger partial charge in [-0.05, 0) is 44.2 Å². The summed E-state index contributed by atoms with van der Waals surface area (Å²) in [6.07, 6.45) is 7.62. The molecule has 3 atom stereocenters. The van der Waals surface area contributed by atoms with Crippen LogP contribution in [-0.2, 0) is 76.0 Å². The second-order valence-corrected chi connectivity index (χ2v) is 19.5. The Hall–Kier alpha value is -4.29. The Morgan fingerprint density at radius 3 is 1.32 bits per heavy atom. The van der Waals surface area contributed by atoms with Crippen LogP contribution in [0.15, 0.2) is 18.2 Å². The maximum Gasteiger partial charge on any atom is 0.341 e. The van der Waals surface area contributed by atoms with Crippen molar-refractivity contribution in [3.63, 3.8) is 0 Å². The van der Waals surface area contributed by atoms with E-state index in [0.29, 0.717) is 182 Å². The number of nitrogens with one attached hydrogen (secondary N) is 3. The number of amides is 3. The summed E-state index contributed by atoms with van der Waals surface area (Å²) in [5, 5.41) is 26.9. The van der Waals surface area contributed by atoms with E-state index in [1.165, 1.54) is 18.2 Å². The first kappa shape index (κ1) is 70.0. The third-order valence-corrected chi connectivity index (χ3v) is 13.3. The average molecular weight is 1160 g/mol. The molecule has 2 aliphatic rings. The minimum absolute atomic E-state index is 0.0446. The molecule has 2 aliphatic heterocycles. The van der Waals surface area contributed by atoms with Crippen molar-refractivity contribution in [2.75, 3.05) is 184 Å². The molecule has 5 N–H and O–H groups in total. The number of ketones is 2. The number of carboxylic acids is 2. The Morgan fingerprint density at radius 1 is 0.475 bits per heavy atom. The minimum atomic E-state index is -1.22. The second kappa shape index (κ2) is 48.3. The third-order valence-electron chi connectivity index (χ3n) is 11.8. The number of Topliss-reactive ketones (excluding diaryl/α,β-unsaturated/α-hetero) is 2. The van der Waals surface area contributed by atoms with E-state index in [9.17, 15) is 28.8 Å². The summed E-state index contributed by atoms with van der Waals surface area (Å²) in [7, 11) is 0. The van der Waals surface area contributed by atoms with Crippen molar-refractivity contribution in [3.05, 3.63) is 23.8 Å². The molecule has 0 bridgehead atoms. The fraction of sp³-hybridized carbons (Fsp3) is 0.778. The topological polar surface area (TPSA) is 308 Å². The van der Waals surface area contributed by atoms with Crippen LogP contribution in [0.4, 0.5) is 4.79 Å². The molecule has 3 amide bonds. The zero-order valence-electron chi connectivity index (χ0n) is 46.5. The Morgan fingerprint density at radius 2 is 0.887 bits per heavy atom. The zero-order valence-corrected chi connectivity index (χ0v) is 47.3. The fourth-order valence-electron chi connectivity index (χ4n) is 7.72. The number of aliphatic carboxylic acids is 2. The van der Waals surface area contributed by atoms with Gasteiger partial charge in [-0.1, -0.05) is 12.8 Å². The maximum atomic E-state index is 12.7. The standard InChI is InChI=1S/C54H89N3O22S/c58-44(8-3-4-10-49-53-47(42-80-49)56-54(65)57-53)7-2-1-5-13-66-15-17-68-19-21-70-23-25-72-27-29-74-31-33-76-35-36-77-34-32-75-30-28-73-26-24-71-22-20-69-18-16-67-14-11-50(60)55-12-6-9-48(59)43-37-45(78-40-51(61)62)39-46(38-43)79-41-52(63)64/h37-39,47,49,53H,1-36,40-42H2,(H,55,60)(H,61,62)(H,63,64)(H2,56,57,65)/t47-,49-,53-/m0/s1. The quantitative estimate of drug-likeness (QED) is 0.0355. The molecule has 2 heterocycles. The van der Waals surface area contributed by atoms with E-state index < -0.39 is 25.2 Å². The van der Waals surface area contributed by atoms with Gasteiger partial charge < -0.3 is 92.5 Å². The van der Waals surface area contributed by atoms with Gasteiger partial charge >= 0.3 is 18.0 Å². The molecular formula is C54H89N3O22S. The van der Waals surface area contributed by atoms with Crippen molar-refractivity contribution in [2.24, 2.45) is 0 Å². The Labute approximate surface area is 474 Å². The summed E-state index contributed by atoms with van der Waals surface area (Å²) in [6, 6.07) is 4.44. The third kappa shape index (κ3) is 38.4. The van der Waals surface area contributed by atoms with Gasteiger partial charge in [0.25, 0.3) is 0 Å². The van der Waals surface area contributed by atoms with Crippen molar-refractivity contribution in [1.82, 2.24) is 16.0 Å². The van der Waals surface area contributed by atoms with Crippen molar-refractivity contribution in [3.8, 4) is 11.5 Å². The van der Waals surface area contributed by atoms with Crippen LogP contribution in [-0.4, -0.2) is 247 Å². The Kier molecular flexibility index (Phi) is 42.2. The summed E-state index contributed by atoms with van der Waals surface area (Å²) >= 11 is 1.92. The first-order chi connectivity index (χ1) is 39.1. The lowest BCUT2D eigenvalue weighted by atomic mass is 10.0. The predicted octanol–water partition coefficient (Wildman–Crippen LogP) is 3.14. The molecule has 1 aromatic rings. The average Bonchev–Trinajstić information content (AvgIpc) is 4.02. The van der Waals surface area contributed by atoms with Crippen molar-refractivity contribution in [1.29, 1.82) is 0 Å². The van der Waals surface area contributed by atoms with Gasteiger partial charge in [0.2, 0.25) is 5.91 Å². The number of hydrogen-bond acceptors (Lipinski definition) is 21. The number of thioether (sulfide) groups is 1. The van der Waals surface area contributed by atoms with Gasteiger partial charge in [-0.3, -0.25) is 14.4 Å². The molecule has 0 radical (unpaired) electrons. The molecule has 2 saturated heterocycles. The predicted molar refractivity (Wildman–Crippen MR) is 291 cm³/mol. The summed E-state index contributed by atoms with van der Waals surface area (Å²) < 4.78 is 76.5. The van der Waals surface area contributed by atoms with Crippen LogP contribution in [0, 0.1) is 0 Å². The van der Waals surface area contributed by atoms with Gasteiger partial charge in [0, 0.05) is 61.5 Å². The number of carbonyl (C=O) groups is 6. The van der Waals surface area contributed by atoms with E-state index in [-0.39, 0.29) is 72.9 Å².